The minimum atomic E-state index is 0. The zero-order valence-corrected chi connectivity index (χ0v) is 13.3. The zero-order chi connectivity index (χ0) is 10.1. The Bertz CT molecular complexity index is 416. The summed E-state index contributed by atoms with van der Waals surface area (Å²) in [7, 11) is 0. The predicted octanol–water partition coefficient (Wildman–Crippen LogP) is -2.39. The molecule has 0 aliphatic heterocycles. The first-order chi connectivity index (χ1) is 6.68. The molecule has 1 aliphatic rings. The number of hydrogen-bond acceptors (Lipinski definition) is 0. The number of aryl methyl sites for hydroxylation is 1. The predicted molar refractivity (Wildman–Crippen MR) is 56.5 cm³/mol. The molecule has 0 spiro atoms. The topological polar surface area (TPSA) is 0 Å². The molecule has 83 valence electrons. The van der Waals surface area contributed by atoms with Crippen molar-refractivity contribution in [3.8, 4) is 0 Å². The summed E-state index contributed by atoms with van der Waals surface area (Å²) in [5.74, 6) is 0. The van der Waals surface area contributed by atoms with Gasteiger partial charge in [0.25, 0.3) is 0 Å². The van der Waals surface area contributed by atoms with Gasteiger partial charge < -0.3 is 24.8 Å². The summed E-state index contributed by atoms with van der Waals surface area (Å²) in [6.07, 6.45) is 3.51. The van der Waals surface area contributed by atoms with Crippen LogP contribution in [0.25, 0.3) is 5.57 Å². The quantitative estimate of drug-likeness (QED) is 0.539. The maximum atomic E-state index is 2.35. The number of hydrogen-bond donors (Lipinski definition) is 0. The summed E-state index contributed by atoms with van der Waals surface area (Å²) < 4.78 is 1.59. The van der Waals surface area contributed by atoms with E-state index in [1.807, 2.05) is 0 Å². The third kappa shape index (κ3) is 3.33. The molecule has 1 aromatic carbocycles. The van der Waals surface area contributed by atoms with E-state index in [2.05, 4.69) is 44.2 Å². The number of benzene rings is 1. The van der Waals surface area contributed by atoms with Crippen LogP contribution in [-0.4, -0.2) is 0 Å². The fraction of sp³-hybridized carbons (Fsp3) is 0.231. The molecule has 16 heavy (non-hydrogen) atoms. The maximum Gasteiger partial charge on any atom is -1.00 e. The van der Waals surface area contributed by atoms with Crippen molar-refractivity contribution in [2.45, 2.75) is 20.3 Å². The van der Waals surface area contributed by atoms with E-state index in [-0.39, 0.29) is 24.8 Å². The Labute approximate surface area is 125 Å². The minimum absolute atomic E-state index is 0. The van der Waals surface area contributed by atoms with Crippen LogP contribution in [0.4, 0.5) is 0 Å². The van der Waals surface area contributed by atoms with E-state index in [0.29, 0.717) is 0 Å². The van der Waals surface area contributed by atoms with Gasteiger partial charge >= 0.3 is 101 Å². The second kappa shape index (κ2) is 6.79. The molecule has 1 aliphatic carbocycles. The van der Waals surface area contributed by atoms with Crippen LogP contribution in [0.2, 0.25) is 0 Å². The van der Waals surface area contributed by atoms with Crippen molar-refractivity contribution in [1.29, 1.82) is 0 Å². The van der Waals surface area contributed by atoms with E-state index >= 15 is 0 Å². The summed E-state index contributed by atoms with van der Waals surface area (Å²) in [6.45, 7) is 4.37. The zero-order valence-electron chi connectivity index (χ0n) is 9.35. The van der Waals surface area contributed by atoms with Gasteiger partial charge in [-0.25, -0.2) is 0 Å². The average Bonchev–Trinajstić information content (AvgIpc) is 2.50. The summed E-state index contributed by atoms with van der Waals surface area (Å²) in [5.41, 5.74) is 5.63. The van der Waals surface area contributed by atoms with Crippen LogP contribution in [0.15, 0.2) is 39.2 Å². The van der Waals surface area contributed by atoms with Gasteiger partial charge in [-0.15, -0.1) is 0 Å². The third-order valence-corrected chi connectivity index (χ3v) is 4.15. The van der Waals surface area contributed by atoms with Crippen molar-refractivity contribution < 1.29 is 49.5 Å². The molecule has 2 rings (SSSR count). The molecule has 0 atom stereocenters. The van der Waals surface area contributed by atoms with Crippen molar-refractivity contribution in [3.63, 3.8) is 0 Å². The van der Waals surface area contributed by atoms with Gasteiger partial charge in [0.1, 0.15) is 0 Å². The van der Waals surface area contributed by atoms with Gasteiger partial charge in [0, 0.05) is 0 Å². The molecule has 0 saturated heterocycles. The van der Waals surface area contributed by atoms with Gasteiger partial charge in [-0.05, 0) is 0 Å². The van der Waals surface area contributed by atoms with E-state index in [9.17, 15) is 0 Å². The first-order valence-corrected chi connectivity index (χ1v) is 6.10. The second-order valence-corrected chi connectivity index (χ2v) is 5.28. The van der Waals surface area contributed by atoms with Crippen molar-refractivity contribution in [2.75, 3.05) is 0 Å². The van der Waals surface area contributed by atoms with Crippen molar-refractivity contribution in [1.82, 2.24) is 0 Å². The maximum absolute atomic E-state index is 2.35. The van der Waals surface area contributed by atoms with Crippen LogP contribution in [0, 0.1) is 6.92 Å². The number of rotatable bonds is 1. The number of allylic oxidation sites excluding steroid dienone is 4. The molecule has 0 saturated carbocycles. The normalized spacial score (nSPS) is 14.1. The SMILES string of the molecule is CC1=[C]([Zr+2])CC=C1c1ccc(C)cc1.[Cl-].[Cl-]. The Morgan fingerprint density at radius 2 is 1.56 bits per heavy atom. The first-order valence-electron chi connectivity index (χ1n) is 4.87. The molecule has 0 amide bonds. The van der Waals surface area contributed by atoms with Gasteiger partial charge in [-0.3, -0.25) is 0 Å². The molecular formula is C13H13Cl2Zr. The van der Waals surface area contributed by atoms with Crippen LogP contribution in [0.1, 0.15) is 24.5 Å². The summed E-state index contributed by atoms with van der Waals surface area (Å²) >= 11 is 1.56. The van der Waals surface area contributed by atoms with E-state index in [0.717, 1.165) is 6.42 Å². The Morgan fingerprint density at radius 3 is 2.00 bits per heavy atom. The van der Waals surface area contributed by atoms with E-state index in [1.165, 1.54) is 22.3 Å². The third-order valence-electron chi connectivity index (χ3n) is 2.73. The Kier molecular flexibility index (Phi) is 6.86. The molecule has 0 nitrogen and oxygen atoms in total. The molecule has 0 radical (unpaired) electrons. The van der Waals surface area contributed by atoms with Gasteiger partial charge in [-0.1, -0.05) is 0 Å². The van der Waals surface area contributed by atoms with Crippen LogP contribution >= 0.6 is 0 Å². The van der Waals surface area contributed by atoms with E-state index in [1.54, 1.807) is 28.0 Å². The summed E-state index contributed by atoms with van der Waals surface area (Å²) in [4.78, 5) is 0. The molecule has 0 heterocycles. The molecule has 0 fully saturated rings. The van der Waals surface area contributed by atoms with Crippen molar-refractivity contribution >= 4 is 5.57 Å². The molecule has 0 unspecified atom stereocenters. The molecule has 0 aromatic heterocycles. The van der Waals surface area contributed by atoms with Gasteiger partial charge in [-0.2, -0.15) is 0 Å². The van der Waals surface area contributed by atoms with Crippen molar-refractivity contribution in [2.24, 2.45) is 0 Å². The van der Waals surface area contributed by atoms with E-state index < -0.39 is 0 Å². The molecule has 0 bridgehead atoms. The monoisotopic (exact) mass is 329 g/mol. The van der Waals surface area contributed by atoms with Crippen LogP contribution in [0.3, 0.4) is 0 Å². The Balaban J connectivity index is 0.00000112. The first kappa shape index (κ1) is 16.2. The summed E-state index contributed by atoms with van der Waals surface area (Å²) in [6, 6.07) is 8.81. The van der Waals surface area contributed by atoms with Gasteiger partial charge in [0.2, 0.25) is 0 Å². The van der Waals surface area contributed by atoms with E-state index in [4.69, 9.17) is 0 Å². The molecular weight excluding hydrogens is 318 g/mol. The standard InChI is InChI=1S/C13H13.2ClH.Zr/c1-10-6-8-12(9-7-10)13-5-3-4-11(13)2;;;/h5-9H,3H2,1-2H3;2*1H;/q;;;+2/p-2. The fourth-order valence-electron chi connectivity index (χ4n) is 1.74. The summed E-state index contributed by atoms with van der Waals surface area (Å²) in [5, 5.41) is 0. The van der Waals surface area contributed by atoms with Crippen LogP contribution in [0.5, 0.6) is 0 Å². The van der Waals surface area contributed by atoms with Crippen LogP contribution < -0.4 is 24.8 Å². The van der Waals surface area contributed by atoms with Gasteiger partial charge in [0.15, 0.2) is 0 Å². The van der Waals surface area contributed by atoms with Crippen molar-refractivity contribution in [3.05, 3.63) is 50.3 Å². The average molecular weight is 331 g/mol. The number of halogens is 2. The molecule has 3 heteroatoms. The van der Waals surface area contributed by atoms with Gasteiger partial charge in [0.05, 0.1) is 0 Å². The fourth-order valence-corrected chi connectivity index (χ4v) is 2.32. The smallest absolute Gasteiger partial charge is 1.00 e. The molecule has 0 N–H and O–H groups in total. The Hall–Kier alpha value is 0.163. The van der Waals surface area contributed by atoms with Crippen LogP contribution in [-0.2, 0) is 24.7 Å². The second-order valence-electron chi connectivity index (χ2n) is 3.79. The minimum Gasteiger partial charge on any atom is -1.00 e. The Morgan fingerprint density at radius 1 is 1.00 bits per heavy atom. The molecule has 1 aromatic rings. The largest absolute Gasteiger partial charge is 1.00 e.